The van der Waals surface area contributed by atoms with Crippen LogP contribution in [0.1, 0.15) is 54.9 Å². The largest absolute Gasteiger partial charge is 0.416 e. The molecule has 1 heterocycles. The number of Topliss-reactive ketones (excluding diaryl/α,β-unsaturated/α-hetero) is 1. The average molecular weight is 1140 g/mol. The van der Waals surface area contributed by atoms with Crippen LogP contribution in [0.4, 0.5) is 105 Å². The Morgan fingerprint density at radius 2 is 0.649 bits per heavy atom. The Kier molecular flexibility index (Phi) is 15.8. The van der Waals surface area contributed by atoms with Crippen LogP contribution in [0.2, 0.25) is 0 Å². The summed E-state index contributed by atoms with van der Waals surface area (Å²) in [6, 6.07) is 8.54. The molecular formula is C49H26BF24NOS. The van der Waals surface area contributed by atoms with Crippen molar-refractivity contribution >= 4 is 57.2 Å². The summed E-state index contributed by atoms with van der Waals surface area (Å²) < 4.78 is 343. The molecule has 0 spiro atoms. The molecule has 0 saturated carbocycles. The van der Waals surface area contributed by atoms with E-state index >= 15 is 0 Å². The zero-order valence-corrected chi connectivity index (χ0v) is 38.3. The SMILES string of the molecule is FC(F)(F)c1cc([B-](c2cc(C(F)(F)F)cc(C(F)(F)F)c2)(c2cc(C(F)(F)F)cc(C(F)(F)F)c2)c2cc(C(F)(F)F)cc(C(F)(F)F)c2)cc(C(F)(F)F)c1.O=C(C[n+]1ccc2cc(S)ccc2c1)c1ccccc1. The second-order valence-corrected chi connectivity index (χ2v) is 17.5. The van der Waals surface area contributed by atoms with Crippen molar-refractivity contribution in [3.63, 3.8) is 0 Å². The van der Waals surface area contributed by atoms with Crippen molar-refractivity contribution in [2.75, 3.05) is 0 Å². The van der Waals surface area contributed by atoms with Gasteiger partial charge in [0, 0.05) is 21.9 Å². The van der Waals surface area contributed by atoms with Gasteiger partial charge in [-0.1, -0.05) is 78.9 Å². The van der Waals surface area contributed by atoms with Gasteiger partial charge >= 0.3 is 49.4 Å². The molecule has 0 aliphatic carbocycles. The fourth-order valence-electron chi connectivity index (χ4n) is 8.27. The van der Waals surface area contributed by atoms with Crippen LogP contribution in [-0.2, 0) is 56.0 Å². The summed E-state index contributed by atoms with van der Waals surface area (Å²) in [7, 11) is 0. The van der Waals surface area contributed by atoms with Crippen LogP contribution in [0.25, 0.3) is 10.8 Å². The Bertz CT molecular complexity index is 2870. The highest BCUT2D eigenvalue weighted by molar-refractivity contribution is 7.80. The Labute approximate surface area is 421 Å². The molecule has 77 heavy (non-hydrogen) atoms. The minimum Gasteiger partial charge on any atom is -0.287 e. The summed E-state index contributed by atoms with van der Waals surface area (Å²) in [4.78, 5) is 13.1. The first-order chi connectivity index (χ1) is 35.0. The smallest absolute Gasteiger partial charge is 0.287 e. The van der Waals surface area contributed by atoms with E-state index in [1.807, 2.05) is 71.6 Å². The molecule has 0 radical (unpaired) electrons. The zero-order chi connectivity index (χ0) is 57.9. The lowest BCUT2D eigenvalue weighted by atomic mass is 9.12. The van der Waals surface area contributed by atoms with E-state index in [4.69, 9.17) is 0 Å². The van der Waals surface area contributed by atoms with Gasteiger partial charge in [-0.2, -0.15) is 132 Å². The van der Waals surface area contributed by atoms with Gasteiger partial charge in [0.1, 0.15) is 6.15 Å². The predicted octanol–water partition coefficient (Wildman–Crippen LogP) is 14.5. The summed E-state index contributed by atoms with van der Waals surface area (Å²) in [5, 5.41) is 2.23. The van der Waals surface area contributed by atoms with Crippen molar-refractivity contribution in [3.05, 3.63) is 190 Å². The molecule has 7 rings (SSSR count). The fourth-order valence-corrected chi connectivity index (χ4v) is 8.49. The normalized spacial score (nSPS) is 13.4. The molecule has 0 unspecified atom stereocenters. The van der Waals surface area contributed by atoms with E-state index in [0.717, 1.165) is 21.2 Å². The monoisotopic (exact) mass is 1140 g/mol. The van der Waals surface area contributed by atoms with Crippen molar-refractivity contribution < 1.29 is 115 Å². The molecule has 0 atom stereocenters. The lowest BCUT2D eigenvalue weighted by Crippen LogP contribution is -2.75. The summed E-state index contributed by atoms with van der Waals surface area (Å²) in [6.45, 7) is 0.350. The maximum Gasteiger partial charge on any atom is 0.416 e. The number of carbonyl (C=O) groups is 1. The molecule has 0 aliphatic heterocycles. The third kappa shape index (κ3) is 13.6. The molecule has 6 aromatic carbocycles. The molecule has 7 aromatic rings. The first kappa shape index (κ1) is 59.4. The zero-order valence-electron chi connectivity index (χ0n) is 37.4. The second kappa shape index (κ2) is 20.5. The Balaban J connectivity index is 0.000000397. The van der Waals surface area contributed by atoms with Crippen LogP contribution in [0.15, 0.2) is 145 Å². The highest BCUT2D eigenvalue weighted by atomic mass is 32.1. The van der Waals surface area contributed by atoms with E-state index < -0.39 is 195 Å². The quantitative estimate of drug-likeness (QED) is 0.0555. The molecule has 0 fully saturated rings. The van der Waals surface area contributed by atoms with Gasteiger partial charge in [0.2, 0.25) is 12.3 Å². The first-order valence-electron chi connectivity index (χ1n) is 21.0. The first-order valence-corrected chi connectivity index (χ1v) is 21.5. The van der Waals surface area contributed by atoms with Gasteiger partial charge in [-0.25, -0.2) is 0 Å². The van der Waals surface area contributed by atoms with Crippen molar-refractivity contribution in [1.29, 1.82) is 0 Å². The Hall–Kier alpha value is -6.87. The Morgan fingerprint density at radius 3 is 0.922 bits per heavy atom. The van der Waals surface area contributed by atoms with E-state index in [9.17, 15) is 110 Å². The van der Waals surface area contributed by atoms with E-state index in [2.05, 4.69) is 12.6 Å². The molecule has 0 saturated heterocycles. The fraction of sp³-hybridized carbons (Fsp3) is 0.184. The van der Waals surface area contributed by atoms with Crippen molar-refractivity contribution in [3.8, 4) is 0 Å². The number of hydrogen-bond donors (Lipinski definition) is 1. The number of fused-ring (bicyclic) bond motifs is 1. The van der Waals surface area contributed by atoms with Crippen molar-refractivity contribution in [1.82, 2.24) is 0 Å². The van der Waals surface area contributed by atoms with E-state index in [1.54, 1.807) is 0 Å². The van der Waals surface area contributed by atoms with E-state index in [-0.39, 0.29) is 5.78 Å². The van der Waals surface area contributed by atoms with Crippen LogP contribution in [-0.4, -0.2) is 11.9 Å². The molecular weight excluding hydrogens is 1120 g/mol. The van der Waals surface area contributed by atoms with E-state index in [1.165, 1.54) is 0 Å². The molecule has 0 bridgehead atoms. The number of aromatic nitrogens is 1. The number of ketones is 1. The second-order valence-electron chi connectivity index (χ2n) is 16.9. The molecule has 410 valence electrons. The van der Waals surface area contributed by atoms with Crippen LogP contribution in [0.3, 0.4) is 0 Å². The highest BCUT2D eigenvalue weighted by Gasteiger charge is 2.47. The maximum absolute atomic E-state index is 14.2. The van der Waals surface area contributed by atoms with Gasteiger partial charge in [-0.15, -0.1) is 12.6 Å². The summed E-state index contributed by atoms with van der Waals surface area (Å²) in [5.74, 6) is 0.112. The number of rotatable bonds is 7. The van der Waals surface area contributed by atoms with Gasteiger partial charge in [0.25, 0.3) is 0 Å². The summed E-state index contributed by atoms with van der Waals surface area (Å²) >= 11 is 4.33. The van der Waals surface area contributed by atoms with Gasteiger partial charge in [-0.3, -0.25) is 4.79 Å². The number of hydrogen-bond acceptors (Lipinski definition) is 2. The minimum absolute atomic E-state index is 0.112. The standard InChI is InChI=1S/C32H12BF24.C17H13NOS/c34-25(35,36)13-1-14(26(37,38)39)6-21(5-13)33(22-7-15(27(40,41)42)2-16(8-22)28(43,44)45,23-9-17(29(46,47)48)3-18(10-23)30(49,50)51)24-11-19(31(52,53)54)4-20(12-24)32(55,56)57;19-17(13-4-2-1-3-5-13)12-18-9-8-14-10-16(20)7-6-15(14)11-18/h1-12H;1-11H,12H2/q-1;/p+1. The van der Waals surface area contributed by atoms with Gasteiger partial charge < -0.3 is 0 Å². The van der Waals surface area contributed by atoms with Crippen molar-refractivity contribution in [2.45, 2.75) is 60.9 Å². The maximum atomic E-state index is 14.2. The summed E-state index contributed by atoms with van der Waals surface area (Å²) in [6.07, 6.45) is -50.9. The highest BCUT2D eigenvalue weighted by Crippen LogP contribution is 2.41. The molecule has 0 N–H and O–H groups in total. The van der Waals surface area contributed by atoms with Gasteiger partial charge in [0.15, 0.2) is 12.4 Å². The van der Waals surface area contributed by atoms with E-state index in [0.29, 0.717) is 6.54 Å². The van der Waals surface area contributed by atoms with Gasteiger partial charge in [-0.05, 0) is 47.9 Å². The van der Waals surface area contributed by atoms with Crippen LogP contribution < -0.4 is 26.4 Å². The molecule has 0 aliphatic rings. The topological polar surface area (TPSA) is 20.9 Å². The third-order valence-corrected chi connectivity index (χ3v) is 12.0. The number of pyridine rings is 1. The van der Waals surface area contributed by atoms with Gasteiger partial charge in [0.05, 0.1) is 44.5 Å². The molecule has 28 heteroatoms. The number of thiol groups is 1. The number of nitrogens with zero attached hydrogens (tertiary/aromatic N) is 1. The summed E-state index contributed by atoms with van der Waals surface area (Å²) in [5.41, 5.74) is -29.5. The lowest BCUT2D eigenvalue weighted by molar-refractivity contribution is -0.681. The minimum atomic E-state index is -6.13. The molecule has 2 nitrogen and oxygen atoms in total. The lowest BCUT2D eigenvalue weighted by Gasteiger charge is -2.46. The van der Waals surface area contributed by atoms with Crippen molar-refractivity contribution in [2.24, 2.45) is 0 Å². The van der Waals surface area contributed by atoms with Crippen LogP contribution >= 0.6 is 12.6 Å². The number of benzene rings is 6. The van der Waals surface area contributed by atoms with Crippen LogP contribution in [0, 0.1) is 0 Å². The number of halogens is 24. The Morgan fingerprint density at radius 1 is 0.364 bits per heavy atom. The van der Waals surface area contributed by atoms with Crippen LogP contribution in [0.5, 0.6) is 0 Å². The third-order valence-electron chi connectivity index (χ3n) is 11.7. The number of carbonyl (C=O) groups excluding carboxylic acids is 1. The number of alkyl halides is 24. The molecule has 1 aromatic heterocycles. The predicted molar refractivity (Wildman–Crippen MR) is 232 cm³/mol. The molecule has 0 amide bonds. The average Bonchev–Trinajstić information content (AvgIpc) is 3.30.